The Morgan fingerprint density at radius 3 is 2.59 bits per heavy atom. The second-order valence-corrected chi connectivity index (χ2v) is 7.49. The van der Waals surface area contributed by atoms with Crippen LogP contribution in [0.2, 0.25) is 5.02 Å². The van der Waals surface area contributed by atoms with Crippen molar-refractivity contribution in [3.8, 4) is 5.69 Å². The molecule has 1 aromatic heterocycles. The monoisotopic (exact) mass is 428 g/mol. The van der Waals surface area contributed by atoms with Crippen LogP contribution in [0.3, 0.4) is 0 Å². The fourth-order valence-corrected chi connectivity index (χ4v) is 3.42. The first-order chi connectivity index (χ1) is 13.9. The van der Waals surface area contributed by atoms with Gasteiger partial charge in [0.15, 0.2) is 0 Å². The highest BCUT2D eigenvalue weighted by Gasteiger charge is 2.41. The Hall–Kier alpha value is -1.63. The van der Waals surface area contributed by atoms with E-state index in [2.05, 4.69) is 10.3 Å². The average molecular weight is 429 g/mol. The van der Waals surface area contributed by atoms with E-state index in [0.29, 0.717) is 10.7 Å². The Balaban J connectivity index is 1.47. The molecule has 0 bridgehead atoms. The Kier molecular flexibility index (Phi) is 7.55. The van der Waals surface area contributed by atoms with E-state index in [1.165, 1.54) is 4.90 Å². The lowest BCUT2D eigenvalue weighted by molar-refractivity contribution is -0.152. The molecule has 0 saturated carbocycles. The molecule has 1 aromatic carbocycles. The van der Waals surface area contributed by atoms with Gasteiger partial charge in [-0.05, 0) is 24.3 Å². The predicted molar refractivity (Wildman–Crippen MR) is 102 cm³/mol. The van der Waals surface area contributed by atoms with Gasteiger partial charge in [0.1, 0.15) is 17.9 Å². The number of aromatic nitrogens is 3. The zero-order valence-corrected chi connectivity index (χ0v) is 16.4. The molecule has 0 aliphatic carbocycles. The molecule has 3 rings (SSSR count). The smallest absolute Gasteiger partial charge is 0.109 e. The van der Waals surface area contributed by atoms with Crippen molar-refractivity contribution in [3.05, 3.63) is 41.2 Å². The van der Waals surface area contributed by atoms with Gasteiger partial charge in [0, 0.05) is 18.1 Å². The lowest BCUT2D eigenvalue weighted by Crippen LogP contribution is -2.63. The Morgan fingerprint density at radius 2 is 1.90 bits per heavy atom. The van der Waals surface area contributed by atoms with Gasteiger partial charge in [-0.2, -0.15) is 0 Å². The van der Waals surface area contributed by atoms with Crippen LogP contribution >= 0.6 is 11.6 Å². The molecule has 0 amide bonds. The Labute approximate surface area is 172 Å². The van der Waals surface area contributed by atoms with E-state index >= 15 is 0 Å². The third-order valence-corrected chi connectivity index (χ3v) is 5.11. The summed E-state index contributed by atoms with van der Waals surface area (Å²) >= 11 is 5.87. The highest BCUT2D eigenvalue weighted by Crippen LogP contribution is 2.19. The topological polar surface area (TPSA) is 144 Å². The number of hydrogen-bond acceptors (Lipinski definition) is 9. The molecule has 160 valence electrons. The van der Waals surface area contributed by atoms with Crippen molar-refractivity contribution in [3.63, 3.8) is 0 Å². The van der Waals surface area contributed by atoms with Crippen LogP contribution in [0.1, 0.15) is 5.69 Å². The van der Waals surface area contributed by atoms with Crippen molar-refractivity contribution >= 4 is 11.6 Å². The molecule has 1 unspecified atom stereocenters. The van der Waals surface area contributed by atoms with E-state index in [4.69, 9.17) is 16.3 Å². The van der Waals surface area contributed by atoms with Crippen molar-refractivity contribution < 1.29 is 30.3 Å². The summed E-state index contributed by atoms with van der Waals surface area (Å²) in [4.78, 5) is 1.53. The number of hydrogen-bond donors (Lipinski definition) is 5. The molecule has 29 heavy (non-hydrogen) atoms. The first-order valence-electron chi connectivity index (χ1n) is 9.21. The maximum absolute atomic E-state index is 10.2. The summed E-state index contributed by atoms with van der Waals surface area (Å²) in [5.41, 5.74) is 1.37. The van der Waals surface area contributed by atoms with Crippen LogP contribution in [0, 0.1) is 0 Å². The van der Waals surface area contributed by atoms with E-state index in [9.17, 15) is 25.5 Å². The summed E-state index contributed by atoms with van der Waals surface area (Å²) in [5.74, 6) is 0. The van der Waals surface area contributed by atoms with Gasteiger partial charge in [-0.25, -0.2) is 4.68 Å². The first kappa shape index (κ1) is 22.1. The molecule has 1 aliphatic rings. The SMILES string of the molecule is OC[C@@H]1[C@@H](O)[C@H](O)[C@@H](O)CN1CC(O)COCc1cn(-c2ccc(Cl)cc2)nn1. The van der Waals surface area contributed by atoms with Crippen molar-refractivity contribution in [2.24, 2.45) is 0 Å². The number of aliphatic hydroxyl groups is 5. The van der Waals surface area contributed by atoms with Crippen LogP contribution in [0.25, 0.3) is 5.69 Å². The number of halogens is 1. The molecule has 10 nitrogen and oxygen atoms in total. The van der Waals surface area contributed by atoms with Crippen LogP contribution < -0.4 is 0 Å². The average Bonchev–Trinajstić information content (AvgIpc) is 3.16. The normalized spacial score (nSPS) is 26.6. The molecule has 1 saturated heterocycles. The Bertz CT molecular complexity index is 776. The van der Waals surface area contributed by atoms with Gasteiger partial charge in [-0.1, -0.05) is 16.8 Å². The highest BCUT2D eigenvalue weighted by atomic mass is 35.5. The highest BCUT2D eigenvalue weighted by molar-refractivity contribution is 6.30. The van der Waals surface area contributed by atoms with Gasteiger partial charge in [0.05, 0.1) is 50.0 Å². The van der Waals surface area contributed by atoms with Crippen LogP contribution in [0.5, 0.6) is 0 Å². The first-order valence-corrected chi connectivity index (χ1v) is 9.59. The van der Waals surface area contributed by atoms with E-state index < -0.39 is 37.1 Å². The number of aliphatic hydroxyl groups excluding tert-OH is 5. The maximum atomic E-state index is 10.2. The summed E-state index contributed by atoms with van der Waals surface area (Å²) in [5, 5.41) is 57.8. The molecule has 5 atom stereocenters. The third-order valence-electron chi connectivity index (χ3n) is 4.85. The number of rotatable bonds is 8. The minimum absolute atomic E-state index is 0.0167. The van der Waals surface area contributed by atoms with Gasteiger partial charge < -0.3 is 30.3 Å². The summed E-state index contributed by atoms with van der Waals surface area (Å²) in [6.07, 6.45) is -3.02. The molecular weight excluding hydrogens is 404 g/mol. The second-order valence-electron chi connectivity index (χ2n) is 7.05. The maximum Gasteiger partial charge on any atom is 0.109 e. The van der Waals surface area contributed by atoms with Gasteiger partial charge >= 0.3 is 0 Å². The minimum Gasteiger partial charge on any atom is -0.395 e. The minimum atomic E-state index is -1.33. The molecule has 1 aliphatic heterocycles. The number of ether oxygens (including phenoxy) is 1. The number of benzene rings is 1. The van der Waals surface area contributed by atoms with Crippen LogP contribution in [0.15, 0.2) is 30.5 Å². The summed E-state index contributed by atoms with van der Waals surface area (Å²) in [6.45, 7) is -0.207. The lowest BCUT2D eigenvalue weighted by Gasteiger charge is -2.43. The molecule has 5 N–H and O–H groups in total. The van der Waals surface area contributed by atoms with E-state index in [1.54, 1.807) is 35.1 Å². The predicted octanol–water partition coefficient (Wildman–Crippen LogP) is -1.44. The molecule has 0 spiro atoms. The molecule has 11 heteroatoms. The third kappa shape index (κ3) is 5.50. The van der Waals surface area contributed by atoms with E-state index in [0.717, 1.165) is 5.69 Å². The summed E-state index contributed by atoms with van der Waals surface area (Å²) < 4.78 is 7.07. The summed E-state index contributed by atoms with van der Waals surface area (Å²) in [7, 11) is 0. The van der Waals surface area contributed by atoms with Crippen LogP contribution in [0.4, 0.5) is 0 Å². The van der Waals surface area contributed by atoms with Crippen LogP contribution in [-0.4, -0.2) is 102 Å². The standard InChI is InChI=1S/C18H25ClN4O6/c19-11-1-3-13(4-2-11)23-5-12(20-21-23)9-29-10-14(25)6-22-7-16(26)18(28)17(27)15(22)8-24/h1-5,14-18,24-28H,6-10H2/t14?,15-,16+,17-,18-/m1/s1. The number of β-amino-alcohol motifs (C(OH)–C–C–N with tert-alkyl or cyclic N) is 2. The summed E-state index contributed by atoms with van der Waals surface area (Å²) in [6, 6.07) is 6.33. The number of nitrogens with zero attached hydrogens (tertiary/aromatic N) is 4. The fraction of sp³-hybridized carbons (Fsp3) is 0.556. The van der Waals surface area contributed by atoms with Gasteiger partial charge in [-0.3, -0.25) is 4.90 Å². The second kappa shape index (κ2) is 9.92. The largest absolute Gasteiger partial charge is 0.395 e. The van der Waals surface area contributed by atoms with Gasteiger partial charge in [0.2, 0.25) is 0 Å². The van der Waals surface area contributed by atoms with Gasteiger partial charge in [0.25, 0.3) is 0 Å². The quantitative estimate of drug-likeness (QED) is 0.341. The zero-order valence-electron chi connectivity index (χ0n) is 15.6. The number of likely N-dealkylation sites (tertiary alicyclic amines) is 1. The molecule has 2 aromatic rings. The van der Waals surface area contributed by atoms with E-state index in [1.807, 2.05) is 0 Å². The van der Waals surface area contributed by atoms with E-state index in [-0.39, 0.29) is 26.3 Å². The van der Waals surface area contributed by atoms with Crippen LogP contribution in [-0.2, 0) is 11.3 Å². The molecule has 1 fully saturated rings. The van der Waals surface area contributed by atoms with Crippen molar-refractivity contribution in [1.82, 2.24) is 19.9 Å². The Morgan fingerprint density at radius 1 is 1.17 bits per heavy atom. The fourth-order valence-electron chi connectivity index (χ4n) is 3.30. The molecular formula is C18H25ClN4O6. The van der Waals surface area contributed by atoms with Gasteiger partial charge in [-0.15, -0.1) is 5.10 Å². The molecule has 0 radical (unpaired) electrons. The van der Waals surface area contributed by atoms with Crippen molar-refractivity contribution in [2.45, 2.75) is 37.1 Å². The van der Waals surface area contributed by atoms with Crippen molar-refractivity contribution in [2.75, 3.05) is 26.3 Å². The zero-order chi connectivity index (χ0) is 21.0. The van der Waals surface area contributed by atoms with Crippen molar-refractivity contribution in [1.29, 1.82) is 0 Å². The molecule has 2 heterocycles. The number of piperidine rings is 1. The lowest BCUT2D eigenvalue weighted by atomic mass is 9.94.